The van der Waals surface area contributed by atoms with Gasteiger partial charge in [0.05, 0.1) is 128 Å². The molecule has 0 aliphatic carbocycles. The zero-order valence-electron chi connectivity index (χ0n) is 50.3. The standard InChI is InChI=1S/C13H9N7O2.C13H11N5O2.C12H7N7O3.C10H8FN3O2.C8H2Cl2FN3O2.Na/c1-8-13(16-6-14)18-10-4-11(19-3-2-15-7-19)12(20(21)22)5-9(10)17-8;1-8-9(2)16-11-6-13(18(19)20)12(5-10(11)15-8)17-4-3-14-7-17;13-5-15-11-12(20)17-8-4-10(19(21)22)9(3-7(8)16-11)18-2-1-14-6-18;1-5-6(2)13-9-4-10(14(15)16)7(11)3-8(9)12-5;9-7-8(10)13-5-2-6(14(15)16)3(11)1-4(5)12-7;/h2-5,7H,1H3,(H,16,18);3-7H,1-2H3;1-4,6H,(H2,15,16,17,20);3-4H,1-2H3;1-2H;/q;;;;;+1/p-1. The number of imidazole rings is 3. The fourth-order valence-corrected chi connectivity index (χ4v) is 8.90. The van der Waals surface area contributed by atoms with E-state index in [-0.39, 0.29) is 90.2 Å². The first-order chi connectivity index (χ1) is 45.7. The minimum absolute atomic E-state index is 0. The Bertz CT molecular complexity index is 5430. The van der Waals surface area contributed by atoms with Gasteiger partial charge in [-0.15, -0.1) is 0 Å². The summed E-state index contributed by atoms with van der Waals surface area (Å²) in [5.41, 5.74) is 5.11. The maximum atomic E-state index is 13.3. The maximum absolute atomic E-state index is 13.3. The average molecular weight is 1370 g/mol. The van der Waals surface area contributed by atoms with Crippen LogP contribution in [0, 0.1) is 120 Å². The van der Waals surface area contributed by atoms with Crippen LogP contribution in [0.2, 0.25) is 10.3 Å². The van der Waals surface area contributed by atoms with Crippen LogP contribution >= 0.6 is 23.2 Å². The number of hydrogen-bond donors (Lipinski definition) is 2. The number of fused-ring (bicyclic) bond motifs is 5. The maximum Gasteiger partial charge on any atom is 1.00 e. The van der Waals surface area contributed by atoms with Crippen molar-refractivity contribution >= 4 is 113 Å². The number of nitro benzene ring substituents is 5. The number of anilines is 1. The summed E-state index contributed by atoms with van der Waals surface area (Å²) in [6.07, 6.45) is 17.0. The molecule has 480 valence electrons. The molecule has 8 aromatic heterocycles. The van der Waals surface area contributed by atoms with Gasteiger partial charge in [0.2, 0.25) is 17.2 Å². The first kappa shape index (κ1) is 70.1. The normalized spacial score (nSPS) is 10.7. The predicted molar refractivity (Wildman–Crippen MR) is 335 cm³/mol. The molecule has 0 bridgehead atoms. The van der Waals surface area contributed by atoms with Crippen molar-refractivity contribution < 1.29 is 63.0 Å². The molecule has 41 heteroatoms. The van der Waals surface area contributed by atoms with Gasteiger partial charge in [0.1, 0.15) is 17.1 Å². The predicted octanol–water partition coefficient (Wildman–Crippen LogP) is 6.51. The molecule has 97 heavy (non-hydrogen) atoms. The Morgan fingerprint density at radius 2 is 0.845 bits per heavy atom. The summed E-state index contributed by atoms with van der Waals surface area (Å²) < 4.78 is 31.1. The number of nitriles is 2. The van der Waals surface area contributed by atoms with Gasteiger partial charge in [0.15, 0.2) is 22.3 Å². The summed E-state index contributed by atoms with van der Waals surface area (Å²) in [6.45, 7) is 8.86. The third kappa shape index (κ3) is 15.8. The van der Waals surface area contributed by atoms with Crippen molar-refractivity contribution in [3.05, 3.63) is 234 Å². The summed E-state index contributed by atoms with van der Waals surface area (Å²) in [5, 5.41) is 74.2. The van der Waals surface area contributed by atoms with Crippen molar-refractivity contribution in [2.75, 3.05) is 5.32 Å². The number of halogens is 4. The number of nitrogens with zero attached hydrogens (tertiary/aromatic N) is 23. The molecule has 5 aromatic carbocycles. The van der Waals surface area contributed by atoms with Crippen LogP contribution in [0.25, 0.3) is 72.2 Å². The van der Waals surface area contributed by atoms with E-state index in [0.29, 0.717) is 67.4 Å². The van der Waals surface area contributed by atoms with E-state index in [0.717, 1.165) is 35.7 Å². The minimum atomic E-state index is -0.995. The molecule has 2 N–H and O–H groups in total. The van der Waals surface area contributed by atoms with Gasteiger partial charge in [-0.25, -0.2) is 54.8 Å². The van der Waals surface area contributed by atoms with E-state index in [2.05, 4.69) is 75.1 Å². The van der Waals surface area contributed by atoms with Crippen molar-refractivity contribution in [2.45, 2.75) is 34.6 Å². The van der Waals surface area contributed by atoms with E-state index in [4.69, 9.17) is 33.7 Å². The SMILES string of the molecule is Cc1nc2cc(-n3ccnc3)c([N+](=O)[O-])cc2nc1C.Cc1nc2cc(F)c([N+](=O)[O-])cc2nc1C.Cc1nc2cc([N+](=O)[O-])c(-n3ccnc3)cc2nc1NC#N.N#CN=c1[n-]c2cc(-n3ccnc3)c([N+](=O)[O-])cc2[nH]c1=O.O=[N+]([O-])c1cc2nc(Cl)c(Cl)nc2cc1F.[Na+]. The van der Waals surface area contributed by atoms with Crippen LogP contribution in [0.5, 0.6) is 0 Å². The number of H-pyrrole nitrogens is 1. The van der Waals surface area contributed by atoms with Gasteiger partial charge < -0.3 is 28.7 Å². The molecular formula is C56H36Cl2F2N25NaO11. The Balaban J connectivity index is 0.000000155. The van der Waals surface area contributed by atoms with Crippen molar-refractivity contribution in [2.24, 2.45) is 4.99 Å². The Hall–Kier alpha value is -12.8. The van der Waals surface area contributed by atoms with E-state index in [1.54, 1.807) is 68.5 Å². The van der Waals surface area contributed by atoms with Gasteiger partial charge in [-0.2, -0.15) is 19.3 Å². The molecule has 0 aliphatic rings. The number of rotatable bonds is 9. The third-order valence-corrected chi connectivity index (χ3v) is 14.0. The van der Waals surface area contributed by atoms with Crippen LogP contribution in [0.4, 0.5) is 43.0 Å². The number of nitro groups is 5. The second kappa shape index (κ2) is 29.9. The summed E-state index contributed by atoms with van der Waals surface area (Å²) in [5.74, 6) is -1.57. The topological polar surface area (TPSA) is 491 Å². The molecule has 0 fully saturated rings. The number of aryl methyl sites for hydroxylation is 5. The molecule has 0 unspecified atom stereocenters. The Labute approximate surface area is 569 Å². The monoisotopic (exact) mass is 1370 g/mol. The minimum Gasteiger partial charge on any atom is -0.429 e. The zero-order chi connectivity index (χ0) is 69.4. The first-order valence-corrected chi connectivity index (χ1v) is 27.4. The Kier molecular flexibility index (Phi) is 21.6. The Morgan fingerprint density at radius 3 is 1.23 bits per heavy atom. The first-order valence-electron chi connectivity index (χ1n) is 26.6. The van der Waals surface area contributed by atoms with Crippen LogP contribution in [-0.2, 0) is 0 Å². The van der Waals surface area contributed by atoms with Crippen molar-refractivity contribution in [3.8, 4) is 29.4 Å². The second-order valence-electron chi connectivity index (χ2n) is 19.4. The molecule has 0 atom stereocenters. The molecule has 0 saturated heterocycles. The number of nitrogens with one attached hydrogen (secondary N) is 2. The summed E-state index contributed by atoms with van der Waals surface area (Å²) in [6, 6.07) is 12.6. The van der Waals surface area contributed by atoms with E-state index in [1.165, 1.54) is 71.0 Å². The number of benzene rings is 5. The van der Waals surface area contributed by atoms with Gasteiger partial charge in [-0.3, -0.25) is 60.7 Å². The fraction of sp³-hybridized carbons (Fsp3) is 0.0893. The third-order valence-electron chi connectivity index (χ3n) is 13.3. The molecule has 0 saturated carbocycles. The molecule has 13 rings (SSSR count). The molecule has 13 aromatic rings. The van der Waals surface area contributed by atoms with Crippen LogP contribution in [0.3, 0.4) is 0 Å². The van der Waals surface area contributed by atoms with E-state index < -0.39 is 53.2 Å². The molecule has 0 radical (unpaired) electrons. The van der Waals surface area contributed by atoms with Crippen molar-refractivity contribution in [1.29, 1.82) is 10.5 Å². The largest absolute Gasteiger partial charge is 1.00 e. The van der Waals surface area contributed by atoms with Gasteiger partial charge in [-0.05, 0) is 58.3 Å². The average Bonchev–Trinajstić information content (AvgIpc) is 1.72. The van der Waals surface area contributed by atoms with Gasteiger partial charge in [-0.1, -0.05) is 23.2 Å². The van der Waals surface area contributed by atoms with Crippen LogP contribution < -0.4 is 50.9 Å². The van der Waals surface area contributed by atoms with E-state index in [1.807, 2.05) is 13.8 Å². The number of hydrogen-bond acceptors (Lipinski definition) is 26. The molecule has 0 amide bonds. The van der Waals surface area contributed by atoms with E-state index >= 15 is 0 Å². The van der Waals surface area contributed by atoms with Gasteiger partial charge >= 0.3 is 40.9 Å². The number of aromatic nitrogens is 16. The summed E-state index contributed by atoms with van der Waals surface area (Å²) in [7, 11) is 0. The molecule has 8 heterocycles. The smallest absolute Gasteiger partial charge is 0.429 e. The fourth-order valence-electron chi connectivity index (χ4n) is 8.63. The van der Waals surface area contributed by atoms with Crippen LogP contribution in [0.15, 0.2) is 127 Å². The second-order valence-corrected chi connectivity index (χ2v) is 20.1. The molecule has 36 nitrogen and oxygen atoms in total. The van der Waals surface area contributed by atoms with E-state index in [9.17, 15) is 64.1 Å². The van der Waals surface area contributed by atoms with Gasteiger partial charge in [0.25, 0.3) is 17.1 Å². The van der Waals surface area contributed by atoms with Crippen molar-refractivity contribution in [1.82, 2.24) is 78.5 Å². The van der Waals surface area contributed by atoms with Crippen LogP contribution in [0.1, 0.15) is 28.5 Å². The molecular weight excluding hydrogens is 1330 g/mol. The van der Waals surface area contributed by atoms with Crippen molar-refractivity contribution in [3.63, 3.8) is 0 Å². The summed E-state index contributed by atoms with van der Waals surface area (Å²) >= 11 is 11.2. The van der Waals surface area contributed by atoms with Gasteiger partial charge in [0, 0.05) is 85.1 Å². The molecule has 0 spiro atoms. The quantitative estimate of drug-likeness (QED) is 0.0511. The Morgan fingerprint density at radius 1 is 0.505 bits per heavy atom. The zero-order valence-corrected chi connectivity index (χ0v) is 53.8. The molecule has 0 aliphatic heterocycles. The van der Waals surface area contributed by atoms with Crippen LogP contribution in [-0.4, -0.2) is 98.1 Å². The summed E-state index contributed by atoms with van der Waals surface area (Å²) in [4.78, 5) is 118. The number of aromatic amines is 1.